The molecule has 1 unspecified atom stereocenters. The van der Waals surface area contributed by atoms with E-state index in [-0.39, 0.29) is 11.7 Å². The number of nitrogens with one attached hydrogen (secondary N) is 2. The lowest BCUT2D eigenvalue weighted by molar-refractivity contribution is 0.0932. The number of amides is 1. The Morgan fingerprint density at radius 3 is 3.00 bits per heavy atom. The summed E-state index contributed by atoms with van der Waals surface area (Å²) in [6.07, 6.45) is 3.59. The highest BCUT2D eigenvalue weighted by Gasteiger charge is 2.12. The topological polar surface area (TPSA) is 74.8 Å². The third kappa shape index (κ3) is 2.42. The van der Waals surface area contributed by atoms with Crippen LogP contribution in [0.25, 0.3) is 0 Å². The molecule has 0 aliphatic carbocycles. The summed E-state index contributed by atoms with van der Waals surface area (Å²) in [7, 11) is 0. The SMILES string of the molecule is CCC(C)NC(=O)c1ncc[nH]c1=O. The Kier molecular flexibility index (Phi) is 3.39. The highest BCUT2D eigenvalue weighted by atomic mass is 16.2. The van der Waals surface area contributed by atoms with Crippen LogP contribution in [0.2, 0.25) is 0 Å². The van der Waals surface area contributed by atoms with Gasteiger partial charge in [-0.1, -0.05) is 6.92 Å². The van der Waals surface area contributed by atoms with Gasteiger partial charge in [0.1, 0.15) is 0 Å². The number of carbonyl (C=O) groups excluding carboxylic acids is 1. The van der Waals surface area contributed by atoms with Crippen LogP contribution in [0.3, 0.4) is 0 Å². The van der Waals surface area contributed by atoms with E-state index in [1.165, 1.54) is 12.4 Å². The minimum absolute atomic E-state index is 0.0453. The van der Waals surface area contributed by atoms with Gasteiger partial charge in [-0.15, -0.1) is 0 Å². The Morgan fingerprint density at radius 1 is 1.71 bits per heavy atom. The average Bonchev–Trinajstić information content (AvgIpc) is 2.18. The molecule has 1 aromatic rings. The van der Waals surface area contributed by atoms with Crippen molar-refractivity contribution in [1.82, 2.24) is 15.3 Å². The Hall–Kier alpha value is -1.65. The molecule has 76 valence electrons. The van der Waals surface area contributed by atoms with Gasteiger partial charge in [-0.3, -0.25) is 9.59 Å². The molecule has 0 aromatic carbocycles. The summed E-state index contributed by atoms with van der Waals surface area (Å²) in [6, 6.07) is 0.0453. The third-order valence-corrected chi connectivity index (χ3v) is 1.91. The van der Waals surface area contributed by atoms with Crippen LogP contribution in [0.15, 0.2) is 17.2 Å². The fourth-order valence-corrected chi connectivity index (χ4v) is 0.908. The van der Waals surface area contributed by atoms with Gasteiger partial charge in [0.2, 0.25) is 0 Å². The molecule has 1 heterocycles. The molecule has 1 atom stereocenters. The number of H-pyrrole nitrogens is 1. The van der Waals surface area contributed by atoms with E-state index in [9.17, 15) is 9.59 Å². The van der Waals surface area contributed by atoms with E-state index < -0.39 is 11.5 Å². The summed E-state index contributed by atoms with van der Waals surface area (Å²) in [5.74, 6) is -0.429. The maximum Gasteiger partial charge on any atom is 0.279 e. The Labute approximate surface area is 81.6 Å². The number of nitrogens with zero attached hydrogens (tertiary/aromatic N) is 1. The minimum Gasteiger partial charge on any atom is -0.348 e. The fourth-order valence-electron chi connectivity index (χ4n) is 0.908. The highest BCUT2D eigenvalue weighted by molar-refractivity contribution is 5.91. The zero-order valence-electron chi connectivity index (χ0n) is 8.20. The van der Waals surface area contributed by atoms with Gasteiger partial charge < -0.3 is 10.3 Å². The van der Waals surface area contributed by atoms with E-state index in [1.807, 2.05) is 13.8 Å². The average molecular weight is 195 g/mol. The molecular weight excluding hydrogens is 182 g/mol. The van der Waals surface area contributed by atoms with Crippen LogP contribution in [-0.4, -0.2) is 21.9 Å². The maximum atomic E-state index is 11.4. The molecule has 14 heavy (non-hydrogen) atoms. The monoisotopic (exact) mass is 195 g/mol. The smallest absolute Gasteiger partial charge is 0.279 e. The molecular formula is C9H13N3O2. The lowest BCUT2D eigenvalue weighted by Crippen LogP contribution is -2.36. The maximum absolute atomic E-state index is 11.4. The molecule has 0 saturated heterocycles. The lowest BCUT2D eigenvalue weighted by Gasteiger charge is -2.09. The molecule has 0 bridgehead atoms. The number of aromatic nitrogens is 2. The number of rotatable bonds is 3. The first kappa shape index (κ1) is 10.4. The second kappa shape index (κ2) is 4.55. The number of aromatic amines is 1. The van der Waals surface area contributed by atoms with Gasteiger partial charge in [-0.05, 0) is 13.3 Å². The molecule has 0 aliphatic rings. The molecule has 2 N–H and O–H groups in total. The number of hydrogen-bond donors (Lipinski definition) is 2. The first-order valence-electron chi connectivity index (χ1n) is 4.49. The third-order valence-electron chi connectivity index (χ3n) is 1.91. The van der Waals surface area contributed by atoms with Crippen LogP contribution < -0.4 is 10.9 Å². The Morgan fingerprint density at radius 2 is 2.43 bits per heavy atom. The van der Waals surface area contributed by atoms with Gasteiger partial charge in [0.05, 0.1) is 0 Å². The van der Waals surface area contributed by atoms with Crippen LogP contribution >= 0.6 is 0 Å². The van der Waals surface area contributed by atoms with Crippen LogP contribution in [0.5, 0.6) is 0 Å². The largest absolute Gasteiger partial charge is 0.348 e. The van der Waals surface area contributed by atoms with Crippen molar-refractivity contribution >= 4 is 5.91 Å². The van der Waals surface area contributed by atoms with Crippen molar-refractivity contribution in [2.24, 2.45) is 0 Å². The summed E-state index contributed by atoms with van der Waals surface area (Å²) >= 11 is 0. The molecule has 0 fully saturated rings. The van der Waals surface area contributed by atoms with Crippen molar-refractivity contribution in [2.45, 2.75) is 26.3 Å². The molecule has 1 aromatic heterocycles. The molecule has 0 radical (unpaired) electrons. The normalized spacial score (nSPS) is 12.1. The molecule has 0 aliphatic heterocycles. The molecule has 0 saturated carbocycles. The van der Waals surface area contributed by atoms with E-state index in [0.717, 1.165) is 6.42 Å². The summed E-state index contributed by atoms with van der Waals surface area (Å²) in [5.41, 5.74) is -0.555. The van der Waals surface area contributed by atoms with Crippen molar-refractivity contribution in [3.63, 3.8) is 0 Å². The predicted octanol–water partition coefficient (Wildman–Crippen LogP) is 0.298. The van der Waals surface area contributed by atoms with Crippen LogP contribution in [-0.2, 0) is 0 Å². The van der Waals surface area contributed by atoms with Crippen LogP contribution in [0.1, 0.15) is 30.8 Å². The molecule has 5 nitrogen and oxygen atoms in total. The van der Waals surface area contributed by atoms with Gasteiger partial charge in [-0.25, -0.2) is 4.98 Å². The van der Waals surface area contributed by atoms with E-state index in [0.29, 0.717) is 0 Å². The molecule has 0 spiro atoms. The second-order valence-electron chi connectivity index (χ2n) is 3.05. The Bertz CT molecular complexity index is 372. The Balaban J connectivity index is 2.80. The summed E-state index contributed by atoms with van der Waals surface area (Å²) < 4.78 is 0. The van der Waals surface area contributed by atoms with E-state index in [1.54, 1.807) is 0 Å². The summed E-state index contributed by atoms with van der Waals surface area (Å²) in [5, 5.41) is 2.67. The van der Waals surface area contributed by atoms with Crippen molar-refractivity contribution in [3.05, 3.63) is 28.4 Å². The molecule has 1 amide bonds. The van der Waals surface area contributed by atoms with Gasteiger partial charge in [0.15, 0.2) is 5.69 Å². The quantitative estimate of drug-likeness (QED) is 0.728. The fraction of sp³-hybridized carbons (Fsp3) is 0.444. The first-order valence-corrected chi connectivity index (χ1v) is 4.49. The van der Waals surface area contributed by atoms with E-state index >= 15 is 0 Å². The highest BCUT2D eigenvalue weighted by Crippen LogP contribution is 1.90. The number of hydrogen-bond acceptors (Lipinski definition) is 3. The summed E-state index contributed by atoms with van der Waals surface area (Å²) in [6.45, 7) is 3.82. The van der Waals surface area contributed by atoms with Crippen molar-refractivity contribution < 1.29 is 4.79 Å². The number of carbonyl (C=O) groups is 1. The van der Waals surface area contributed by atoms with Gasteiger partial charge in [0.25, 0.3) is 11.5 Å². The van der Waals surface area contributed by atoms with Crippen molar-refractivity contribution in [3.8, 4) is 0 Å². The summed E-state index contributed by atoms with van der Waals surface area (Å²) in [4.78, 5) is 28.7. The van der Waals surface area contributed by atoms with Crippen LogP contribution in [0.4, 0.5) is 0 Å². The molecule has 5 heteroatoms. The standard InChI is InChI=1S/C9H13N3O2/c1-3-6(2)12-9(14)7-8(13)11-5-4-10-7/h4-6H,3H2,1-2H3,(H,11,13)(H,12,14). The van der Waals surface area contributed by atoms with Crippen molar-refractivity contribution in [1.29, 1.82) is 0 Å². The van der Waals surface area contributed by atoms with Crippen LogP contribution in [0, 0.1) is 0 Å². The van der Waals surface area contributed by atoms with Gasteiger partial charge in [0, 0.05) is 18.4 Å². The molecule has 1 rings (SSSR count). The lowest BCUT2D eigenvalue weighted by atomic mass is 10.2. The predicted molar refractivity (Wildman–Crippen MR) is 52.1 cm³/mol. The minimum atomic E-state index is -0.465. The van der Waals surface area contributed by atoms with Crippen molar-refractivity contribution in [2.75, 3.05) is 0 Å². The first-order chi connectivity index (χ1) is 6.65. The zero-order chi connectivity index (χ0) is 10.6. The van der Waals surface area contributed by atoms with E-state index in [4.69, 9.17) is 0 Å². The van der Waals surface area contributed by atoms with Gasteiger partial charge >= 0.3 is 0 Å². The second-order valence-corrected chi connectivity index (χ2v) is 3.05. The van der Waals surface area contributed by atoms with E-state index in [2.05, 4.69) is 15.3 Å². The van der Waals surface area contributed by atoms with Gasteiger partial charge in [-0.2, -0.15) is 0 Å². The zero-order valence-corrected chi connectivity index (χ0v) is 8.20.